The first kappa shape index (κ1) is 22.6. The Labute approximate surface area is 200 Å². The number of nitrogen functional groups attached to an aromatic ring is 2. The molecule has 0 unspecified atom stereocenters. The number of hydrogen-bond donors (Lipinski definition) is 4. The minimum atomic E-state index is -4.80. The summed E-state index contributed by atoms with van der Waals surface area (Å²) < 4.78 is 78.2. The van der Waals surface area contributed by atoms with E-state index < -0.39 is 30.0 Å². The van der Waals surface area contributed by atoms with Crippen LogP contribution in [0, 0.1) is 0 Å². The smallest absolute Gasteiger partial charge is 0.298 e. The second-order valence-electron chi connectivity index (χ2n) is 7.02. The van der Waals surface area contributed by atoms with E-state index in [1.54, 1.807) is 0 Å². The number of fused-ring (bicyclic) bond motifs is 4. The number of benzene rings is 3. The maximum Gasteiger partial charge on any atom is 0.298 e. The zero-order valence-corrected chi connectivity index (χ0v) is 19.4. The molecular formula is C18H10Cl2N4O8S2. The zero-order chi connectivity index (χ0) is 24.7. The van der Waals surface area contributed by atoms with Crippen LogP contribution in [0.4, 0.5) is 22.7 Å². The summed E-state index contributed by atoms with van der Waals surface area (Å²) in [6.07, 6.45) is 0. The van der Waals surface area contributed by atoms with Crippen LogP contribution in [0.5, 0.6) is 23.0 Å². The van der Waals surface area contributed by atoms with Gasteiger partial charge in [0.25, 0.3) is 20.2 Å². The van der Waals surface area contributed by atoms with Crippen LogP contribution in [0.15, 0.2) is 44.0 Å². The summed E-state index contributed by atoms with van der Waals surface area (Å²) >= 11 is 12.9. The third-order valence-electron chi connectivity index (χ3n) is 4.88. The fourth-order valence-electron chi connectivity index (χ4n) is 3.51. The Morgan fingerprint density at radius 3 is 1.38 bits per heavy atom. The van der Waals surface area contributed by atoms with Crippen LogP contribution < -0.4 is 31.7 Å². The van der Waals surface area contributed by atoms with E-state index in [1.165, 1.54) is 24.3 Å². The molecule has 0 saturated carbocycles. The second kappa shape index (κ2) is 7.18. The summed E-state index contributed by atoms with van der Waals surface area (Å²) in [6, 6.07) is 4.97. The van der Waals surface area contributed by atoms with Gasteiger partial charge in [-0.1, -0.05) is 23.2 Å². The van der Waals surface area contributed by atoms with E-state index in [2.05, 4.69) is 9.98 Å². The summed E-state index contributed by atoms with van der Waals surface area (Å²) in [5.41, 5.74) is 10.2. The van der Waals surface area contributed by atoms with Crippen molar-refractivity contribution in [3.8, 4) is 23.0 Å². The minimum absolute atomic E-state index is 0.118. The summed E-state index contributed by atoms with van der Waals surface area (Å²) in [5, 5.41) is -0.748. The van der Waals surface area contributed by atoms with Gasteiger partial charge >= 0.3 is 0 Å². The molecule has 12 nitrogen and oxygen atoms in total. The molecule has 5 rings (SSSR count). The number of hydrogen-bond acceptors (Lipinski definition) is 10. The number of rotatable bonds is 2. The zero-order valence-electron chi connectivity index (χ0n) is 16.3. The van der Waals surface area contributed by atoms with E-state index in [1.807, 2.05) is 0 Å². The fourth-order valence-corrected chi connectivity index (χ4v) is 5.53. The Morgan fingerprint density at radius 1 is 0.706 bits per heavy atom. The lowest BCUT2D eigenvalue weighted by Gasteiger charge is -2.22. The third-order valence-corrected chi connectivity index (χ3v) is 7.47. The molecule has 2 heterocycles. The molecule has 0 aliphatic carbocycles. The highest BCUT2D eigenvalue weighted by Gasteiger charge is 2.32. The molecule has 2 aliphatic rings. The minimum Gasteiger partial charge on any atom is -0.451 e. The maximum absolute atomic E-state index is 11.9. The monoisotopic (exact) mass is 544 g/mol. The van der Waals surface area contributed by atoms with Crippen LogP contribution in [-0.2, 0) is 20.2 Å². The molecule has 0 radical (unpaired) electrons. The largest absolute Gasteiger partial charge is 0.451 e. The van der Waals surface area contributed by atoms with E-state index in [0.717, 1.165) is 0 Å². The van der Waals surface area contributed by atoms with Crippen molar-refractivity contribution in [3.63, 3.8) is 0 Å². The van der Waals surface area contributed by atoms with Gasteiger partial charge in [-0.05, 0) is 24.3 Å². The molecule has 2 aliphatic heterocycles. The van der Waals surface area contributed by atoms with Gasteiger partial charge in [0.2, 0.25) is 0 Å². The number of ether oxygens (including phenoxy) is 2. The Hall–Kier alpha value is -3.14. The first-order valence-corrected chi connectivity index (χ1v) is 12.6. The predicted octanol–water partition coefficient (Wildman–Crippen LogP) is 2.77. The molecule has 0 bridgehead atoms. The number of nitrogens with zero attached hydrogens (tertiary/aromatic N) is 2. The summed E-state index contributed by atoms with van der Waals surface area (Å²) in [5.74, 6) is -0.548. The summed E-state index contributed by atoms with van der Waals surface area (Å²) in [6.45, 7) is 0. The average Bonchev–Trinajstić information content (AvgIpc) is 2.73. The van der Waals surface area contributed by atoms with Gasteiger partial charge in [0.1, 0.15) is 41.9 Å². The van der Waals surface area contributed by atoms with Crippen LogP contribution in [0.3, 0.4) is 0 Å². The van der Waals surface area contributed by atoms with Gasteiger partial charge in [0, 0.05) is 0 Å². The highest BCUT2D eigenvalue weighted by Crippen LogP contribution is 2.47. The van der Waals surface area contributed by atoms with Crippen LogP contribution in [0.25, 0.3) is 0 Å². The first-order valence-electron chi connectivity index (χ1n) is 8.93. The van der Waals surface area contributed by atoms with Crippen LogP contribution in [-0.4, -0.2) is 25.9 Å². The predicted molar refractivity (Wildman–Crippen MR) is 120 cm³/mol. The number of halogens is 2. The molecule has 3 aromatic carbocycles. The van der Waals surface area contributed by atoms with E-state index in [9.17, 15) is 25.9 Å². The number of anilines is 2. The molecule has 3 aromatic rings. The molecule has 0 spiro atoms. The fraction of sp³-hybridized carbons (Fsp3) is 0. The van der Waals surface area contributed by atoms with Gasteiger partial charge in [-0.15, -0.1) is 0 Å². The molecule has 0 saturated heterocycles. The third kappa shape index (κ3) is 3.26. The molecule has 0 amide bonds. The van der Waals surface area contributed by atoms with E-state index in [4.69, 9.17) is 44.1 Å². The van der Waals surface area contributed by atoms with Gasteiger partial charge in [-0.25, -0.2) is 9.98 Å². The van der Waals surface area contributed by atoms with Gasteiger partial charge in [-0.2, -0.15) is 16.8 Å². The molecule has 0 aromatic heterocycles. The van der Waals surface area contributed by atoms with E-state index in [-0.39, 0.29) is 66.5 Å². The lowest BCUT2D eigenvalue weighted by Crippen LogP contribution is -2.23. The van der Waals surface area contributed by atoms with Gasteiger partial charge in [0.15, 0.2) is 23.0 Å². The lowest BCUT2D eigenvalue weighted by molar-refractivity contribution is 0.447. The summed E-state index contributed by atoms with van der Waals surface area (Å²) in [7, 11) is -9.60. The van der Waals surface area contributed by atoms with Crippen LogP contribution in [0.1, 0.15) is 0 Å². The molecule has 0 atom stereocenters. The lowest BCUT2D eigenvalue weighted by atomic mass is 10.2. The van der Waals surface area contributed by atoms with Crippen molar-refractivity contribution in [1.82, 2.24) is 0 Å². The Bertz CT molecular complexity index is 1680. The SMILES string of the molecule is Nc1ccc2c(c1S(=O)(=O)O)N=c1c(Cl)c3c(c(Cl)c1O2)=Nc1c(ccc(N)c1S(=O)(=O)O)O3. The van der Waals surface area contributed by atoms with Crippen molar-refractivity contribution in [2.45, 2.75) is 9.79 Å². The quantitative estimate of drug-likeness (QED) is 0.189. The Kier molecular flexibility index (Phi) is 4.78. The van der Waals surface area contributed by atoms with Crippen LogP contribution >= 0.6 is 23.2 Å². The van der Waals surface area contributed by atoms with Crippen molar-refractivity contribution < 1.29 is 35.4 Å². The van der Waals surface area contributed by atoms with Crippen molar-refractivity contribution in [2.24, 2.45) is 9.98 Å². The molecule has 6 N–H and O–H groups in total. The molecule has 176 valence electrons. The molecule has 16 heteroatoms. The van der Waals surface area contributed by atoms with Crippen molar-refractivity contribution in [2.75, 3.05) is 11.5 Å². The standard InChI is InChI=1S/C18H10Cl2N4O8S2/c19-9-14-16(32-8-4-2-6(22)18(12(8)24-14)34(28,29)30)10(20)13-15(9)31-7-3-1-5(21)17(11(7)23-13)33(25,26)27/h1-4H,21-22H2,(H,25,26,27)(H,28,29,30). The average molecular weight is 545 g/mol. The van der Waals surface area contributed by atoms with Crippen molar-refractivity contribution >= 4 is 66.2 Å². The van der Waals surface area contributed by atoms with E-state index in [0.29, 0.717) is 0 Å². The Morgan fingerprint density at radius 2 is 1.06 bits per heavy atom. The van der Waals surface area contributed by atoms with Gasteiger partial charge in [0.05, 0.1) is 11.4 Å². The van der Waals surface area contributed by atoms with E-state index >= 15 is 0 Å². The highest BCUT2D eigenvalue weighted by molar-refractivity contribution is 7.86. The van der Waals surface area contributed by atoms with Crippen molar-refractivity contribution in [3.05, 3.63) is 45.0 Å². The topological polar surface area (TPSA) is 204 Å². The van der Waals surface area contributed by atoms with Crippen molar-refractivity contribution in [1.29, 1.82) is 0 Å². The highest BCUT2D eigenvalue weighted by atomic mass is 35.5. The molecular weight excluding hydrogens is 535 g/mol. The molecule has 0 fully saturated rings. The normalized spacial score (nSPS) is 13.8. The van der Waals surface area contributed by atoms with Gasteiger partial charge in [-0.3, -0.25) is 9.11 Å². The molecule has 34 heavy (non-hydrogen) atoms. The summed E-state index contributed by atoms with van der Waals surface area (Å²) in [4.78, 5) is 7.01. The van der Waals surface area contributed by atoms with Crippen LogP contribution in [0.2, 0.25) is 10.0 Å². The first-order chi connectivity index (χ1) is 15.8. The second-order valence-corrected chi connectivity index (χ2v) is 10.5. The number of nitrogens with two attached hydrogens (primary N) is 2. The maximum atomic E-state index is 11.9. The Balaban J connectivity index is 1.88. The van der Waals surface area contributed by atoms with Gasteiger partial charge < -0.3 is 20.9 Å².